The number of amides is 1. The summed E-state index contributed by atoms with van der Waals surface area (Å²) < 4.78 is 1.61. The fraction of sp³-hybridized carbons (Fsp3) is 0.174. The number of halogens is 2. The lowest BCUT2D eigenvalue weighted by Gasteiger charge is -2.22. The highest BCUT2D eigenvalue weighted by molar-refractivity contribution is 6.50. The van der Waals surface area contributed by atoms with E-state index in [1.165, 1.54) is 19.1 Å². The van der Waals surface area contributed by atoms with Gasteiger partial charge in [0.1, 0.15) is 6.07 Å². The first kappa shape index (κ1) is 21.8. The van der Waals surface area contributed by atoms with Crippen molar-refractivity contribution in [3.05, 3.63) is 63.3 Å². The van der Waals surface area contributed by atoms with Crippen LogP contribution in [0.2, 0.25) is 10.0 Å². The summed E-state index contributed by atoms with van der Waals surface area (Å²) in [5.41, 5.74) is 3.35. The zero-order valence-corrected chi connectivity index (χ0v) is 18.7. The third-order valence-corrected chi connectivity index (χ3v) is 5.95. The molecule has 0 aliphatic carbocycles. The summed E-state index contributed by atoms with van der Waals surface area (Å²) in [5, 5.41) is 15.5. The highest BCUT2D eigenvalue weighted by Crippen LogP contribution is 2.34. The molecule has 3 aromatic rings. The van der Waals surface area contributed by atoms with Gasteiger partial charge in [-0.1, -0.05) is 29.3 Å². The standard InChI is InChI=1S/C23H16Cl2N4O3/c1-12-11-28(13(2)30)21-4-3-14(5-16(12)21)6-17-18(24)7-15(8-19(17)25)29-23(32)9-22(31)20(10-26)27-29/h3-5,7-8,11H,6,9H2,1-2H3. The first-order chi connectivity index (χ1) is 15.2. The van der Waals surface area contributed by atoms with Crippen LogP contribution in [0.5, 0.6) is 0 Å². The number of rotatable bonds is 3. The van der Waals surface area contributed by atoms with E-state index in [1.54, 1.807) is 10.6 Å². The van der Waals surface area contributed by atoms with Gasteiger partial charge in [-0.2, -0.15) is 15.4 Å². The van der Waals surface area contributed by atoms with Crippen LogP contribution in [0.3, 0.4) is 0 Å². The number of hydrogen-bond acceptors (Lipinski definition) is 5. The van der Waals surface area contributed by atoms with E-state index >= 15 is 0 Å². The first-order valence-corrected chi connectivity index (χ1v) is 10.4. The number of aryl methyl sites for hydroxylation is 1. The Hall–Kier alpha value is -3.47. The monoisotopic (exact) mass is 466 g/mol. The number of carbonyl (C=O) groups excluding carboxylic acids is 3. The number of anilines is 1. The van der Waals surface area contributed by atoms with E-state index in [0.29, 0.717) is 22.0 Å². The highest BCUT2D eigenvalue weighted by Gasteiger charge is 2.29. The Labute approximate surface area is 193 Å². The van der Waals surface area contributed by atoms with Gasteiger partial charge in [0.25, 0.3) is 5.91 Å². The van der Waals surface area contributed by atoms with Crippen molar-refractivity contribution in [1.82, 2.24) is 4.57 Å². The summed E-state index contributed by atoms with van der Waals surface area (Å²) in [6, 6.07) is 10.5. The van der Waals surface area contributed by atoms with Gasteiger partial charge in [0.15, 0.2) is 0 Å². The maximum absolute atomic E-state index is 12.2. The third kappa shape index (κ3) is 3.79. The van der Waals surface area contributed by atoms with Crippen LogP contribution in [0.15, 0.2) is 41.6 Å². The third-order valence-electron chi connectivity index (χ3n) is 5.28. The number of Topliss-reactive ketones (excluding diaryl/α,β-unsaturated/α-hetero) is 1. The quantitative estimate of drug-likeness (QED) is 0.522. The Kier molecular flexibility index (Phi) is 5.59. The molecule has 160 valence electrons. The van der Waals surface area contributed by atoms with Crippen molar-refractivity contribution in [1.29, 1.82) is 5.26 Å². The van der Waals surface area contributed by atoms with Crippen LogP contribution in [0.4, 0.5) is 5.69 Å². The van der Waals surface area contributed by atoms with Crippen molar-refractivity contribution >= 4 is 63.1 Å². The van der Waals surface area contributed by atoms with Gasteiger partial charge < -0.3 is 0 Å². The number of fused-ring (bicyclic) bond motifs is 1. The lowest BCUT2D eigenvalue weighted by atomic mass is 10.0. The molecule has 1 amide bonds. The second-order valence-corrected chi connectivity index (χ2v) is 8.30. The van der Waals surface area contributed by atoms with E-state index in [2.05, 4.69) is 5.10 Å². The number of nitriles is 1. The van der Waals surface area contributed by atoms with E-state index in [4.69, 9.17) is 28.5 Å². The molecule has 2 aromatic carbocycles. The van der Waals surface area contributed by atoms with Crippen molar-refractivity contribution < 1.29 is 14.4 Å². The number of hydrogen-bond donors (Lipinski definition) is 0. The minimum absolute atomic E-state index is 0.0614. The maximum Gasteiger partial charge on any atom is 0.255 e. The molecule has 0 N–H and O–H groups in total. The lowest BCUT2D eigenvalue weighted by molar-refractivity contribution is -0.124. The molecular formula is C23H16Cl2N4O3. The van der Waals surface area contributed by atoms with Gasteiger partial charge in [0.2, 0.25) is 17.4 Å². The van der Waals surface area contributed by atoms with Gasteiger partial charge in [-0.15, -0.1) is 0 Å². The largest absolute Gasteiger partial charge is 0.291 e. The molecular weight excluding hydrogens is 451 g/mol. The van der Waals surface area contributed by atoms with Crippen LogP contribution in [0.25, 0.3) is 10.9 Å². The molecule has 32 heavy (non-hydrogen) atoms. The Morgan fingerprint density at radius 3 is 2.50 bits per heavy atom. The normalized spacial score (nSPS) is 14.0. The SMILES string of the molecule is CC(=O)n1cc(C)c2cc(Cc3c(Cl)cc(N4N=C(C#N)C(=O)CC4=O)cc3Cl)ccc21. The van der Waals surface area contributed by atoms with Crippen LogP contribution in [0, 0.1) is 18.3 Å². The Morgan fingerprint density at radius 2 is 1.88 bits per heavy atom. The first-order valence-electron chi connectivity index (χ1n) is 9.64. The number of hydrazone groups is 1. The van der Waals surface area contributed by atoms with Gasteiger partial charge in [0, 0.05) is 35.0 Å². The molecule has 0 fully saturated rings. The predicted octanol–water partition coefficient (Wildman–Crippen LogP) is 4.69. The summed E-state index contributed by atoms with van der Waals surface area (Å²) in [4.78, 5) is 35.8. The number of nitrogens with zero attached hydrogens (tertiary/aromatic N) is 4. The van der Waals surface area contributed by atoms with Crippen molar-refractivity contribution in [2.24, 2.45) is 5.10 Å². The fourth-order valence-electron chi connectivity index (χ4n) is 3.69. The molecule has 0 spiro atoms. The number of ketones is 1. The number of aromatic nitrogens is 1. The molecule has 0 saturated carbocycles. The Morgan fingerprint density at radius 1 is 1.19 bits per heavy atom. The maximum atomic E-state index is 12.2. The average Bonchev–Trinajstić information content (AvgIpc) is 3.07. The van der Waals surface area contributed by atoms with E-state index in [-0.39, 0.29) is 17.3 Å². The molecule has 1 aliphatic rings. The topological polar surface area (TPSA) is 95.5 Å². The number of carbonyl (C=O) groups is 3. The zero-order chi connectivity index (χ0) is 23.2. The summed E-state index contributed by atoms with van der Waals surface area (Å²) in [7, 11) is 0. The fourth-order valence-corrected chi connectivity index (χ4v) is 4.30. The highest BCUT2D eigenvalue weighted by atomic mass is 35.5. The van der Waals surface area contributed by atoms with E-state index in [0.717, 1.165) is 27.0 Å². The van der Waals surface area contributed by atoms with Gasteiger partial charge in [-0.05, 0) is 47.9 Å². The van der Waals surface area contributed by atoms with Crippen molar-refractivity contribution in [3.63, 3.8) is 0 Å². The molecule has 0 unspecified atom stereocenters. The van der Waals surface area contributed by atoms with Crippen molar-refractivity contribution in [3.8, 4) is 6.07 Å². The van der Waals surface area contributed by atoms with Crippen LogP contribution >= 0.6 is 23.2 Å². The summed E-state index contributed by atoms with van der Waals surface area (Å²) in [6.07, 6.45) is 1.79. The van der Waals surface area contributed by atoms with E-state index in [1.807, 2.05) is 31.3 Å². The second-order valence-electron chi connectivity index (χ2n) is 7.48. The smallest absolute Gasteiger partial charge is 0.255 e. The van der Waals surface area contributed by atoms with Crippen LogP contribution in [0.1, 0.15) is 34.8 Å². The Balaban J connectivity index is 1.69. The van der Waals surface area contributed by atoms with Gasteiger partial charge in [-0.3, -0.25) is 19.0 Å². The number of benzene rings is 2. The van der Waals surface area contributed by atoms with Crippen molar-refractivity contribution in [2.45, 2.75) is 26.7 Å². The molecule has 2 heterocycles. The van der Waals surface area contributed by atoms with Crippen LogP contribution < -0.4 is 5.01 Å². The average molecular weight is 467 g/mol. The van der Waals surface area contributed by atoms with Gasteiger partial charge >= 0.3 is 0 Å². The molecule has 7 nitrogen and oxygen atoms in total. The summed E-state index contributed by atoms with van der Waals surface area (Å²) in [6.45, 7) is 3.46. The second kappa shape index (κ2) is 8.23. The lowest BCUT2D eigenvalue weighted by Crippen LogP contribution is -2.36. The van der Waals surface area contributed by atoms with Crippen molar-refractivity contribution in [2.75, 3.05) is 5.01 Å². The van der Waals surface area contributed by atoms with Crippen LogP contribution in [-0.4, -0.2) is 27.9 Å². The molecule has 1 aromatic heterocycles. The van der Waals surface area contributed by atoms with Gasteiger partial charge in [0.05, 0.1) is 17.6 Å². The Bertz CT molecular complexity index is 1380. The molecule has 0 bridgehead atoms. The molecule has 4 rings (SSSR count). The molecule has 0 saturated heterocycles. The van der Waals surface area contributed by atoms with Crippen LogP contribution in [-0.2, 0) is 16.0 Å². The summed E-state index contributed by atoms with van der Waals surface area (Å²) in [5.74, 6) is -1.25. The minimum atomic E-state index is -0.619. The molecule has 0 atom stereocenters. The van der Waals surface area contributed by atoms with Gasteiger partial charge in [-0.25, -0.2) is 0 Å². The predicted molar refractivity (Wildman–Crippen MR) is 122 cm³/mol. The zero-order valence-electron chi connectivity index (χ0n) is 17.1. The minimum Gasteiger partial charge on any atom is -0.291 e. The summed E-state index contributed by atoms with van der Waals surface area (Å²) >= 11 is 13.0. The van der Waals surface area contributed by atoms with E-state index in [9.17, 15) is 14.4 Å². The molecule has 1 aliphatic heterocycles. The van der Waals surface area contributed by atoms with E-state index < -0.39 is 18.1 Å². The molecule has 9 heteroatoms. The molecule has 0 radical (unpaired) electrons.